The first kappa shape index (κ1) is 14.8. The largest absolute Gasteiger partial charge is 0.488 e. The molecule has 1 aromatic rings. The van der Waals surface area contributed by atoms with E-state index in [-0.39, 0.29) is 11.9 Å². The maximum absolute atomic E-state index is 13.2. The SMILES string of the molecule is CN(CCC1CCCCN1)CC1Cc2cc(F)ccc2O1. The van der Waals surface area contributed by atoms with Crippen molar-refractivity contribution in [1.29, 1.82) is 0 Å². The maximum atomic E-state index is 13.2. The van der Waals surface area contributed by atoms with E-state index in [1.165, 1.54) is 38.3 Å². The fourth-order valence-electron chi connectivity index (χ4n) is 3.38. The van der Waals surface area contributed by atoms with E-state index in [9.17, 15) is 4.39 Å². The van der Waals surface area contributed by atoms with Crippen LogP contribution in [0, 0.1) is 5.82 Å². The molecule has 0 saturated carbocycles. The lowest BCUT2D eigenvalue weighted by Crippen LogP contribution is -2.39. The van der Waals surface area contributed by atoms with Crippen LogP contribution in [-0.2, 0) is 6.42 Å². The molecule has 0 aromatic heterocycles. The molecule has 2 aliphatic heterocycles. The number of benzene rings is 1. The summed E-state index contributed by atoms with van der Waals surface area (Å²) in [5.41, 5.74) is 1.00. The first-order chi connectivity index (χ1) is 10.2. The highest BCUT2D eigenvalue weighted by Gasteiger charge is 2.24. The number of nitrogens with zero attached hydrogens (tertiary/aromatic N) is 1. The van der Waals surface area contributed by atoms with Crippen molar-refractivity contribution in [2.75, 3.05) is 26.7 Å². The molecule has 2 heterocycles. The highest BCUT2D eigenvalue weighted by molar-refractivity contribution is 5.37. The van der Waals surface area contributed by atoms with Gasteiger partial charge in [-0.15, -0.1) is 0 Å². The van der Waals surface area contributed by atoms with Crippen LogP contribution < -0.4 is 10.1 Å². The molecule has 2 unspecified atom stereocenters. The van der Waals surface area contributed by atoms with Crippen LogP contribution in [-0.4, -0.2) is 43.7 Å². The van der Waals surface area contributed by atoms with Crippen LogP contribution in [0.3, 0.4) is 0 Å². The third-order valence-corrected chi connectivity index (χ3v) is 4.55. The molecule has 2 aliphatic rings. The van der Waals surface area contributed by atoms with Gasteiger partial charge in [-0.3, -0.25) is 0 Å². The zero-order valence-corrected chi connectivity index (χ0v) is 12.8. The van der Waals surface area contributed by atoms with Crippen LogP contribution in [0.5, 0.6) is 5.75 Å². The minimum Gasteiger partial charge on any atom is -0.488 e. The number of fused-ring (bicyclic) bond motifs is 1. The van der Waals surface area contributed by atoms with Gasteiger partial charge in [0.15, 0.2) is 0 Å². The number of rotatable bonds is 5. The Morgan fingerprint density at radius 2 is 2.29 bits per heavy atom. The van der Waals surface area contributed by atoms with Crippen LogP contribution in [0.25, 0.3) is 0 Å². The molecule has 3 nitrogen and oxygen atoms in total. The Morgan fingerprint density at radius 1 is 1.38 bits per heavy atom. The second-order valence-corrected chi connectivity index (χ2v) is 6.39. The highest BCUT2D eigenvalue weighted by atomic mass is 19.1. The smallest absolute Gasteiger partial charge is 0.123 e. The van der Waals surface area contributed by atoms with E-state index in [1.54, 1.807) is 12.1 Å². The summed E-state index contributed by atoms with van der Waals surface area (Å²) in [5.74, 6) is 0.679. The Balaban J connectivity index is 1.42. The van der Waals surface area contributed by atoms with Crippen molar-refractivity contribution in [3.05, 3.63) is 29.6 Å². The maximum Gasteiger partial charge on any atom is 0.123 e. The van der Waals surface area contributed by atoms with E-state index >= 15 is 0 Å². The average Bonchev–Trinajstić information content (AvgIpc) is 2.87. The molecular weight excluding hydrogens is 267 g/mol. The van der Waals surface area contributed by atoms with Crippen LogP contribution in [0.15, 0.2) is 18.2 Å². The van der Waals surface area contributed by atoms with E-state index in [1.807, 2.05) is 0 Å². The zero-order valence-electron chi connectivity index (χ0n) is 12.8. The second kappa shape index (κ2) is 6.75. The molecule has 0 aliphatic carbocycles. The summed E-state index contributed by atoms with van der Waals surface area (Å²) in [7, 11) is 2.15. The highest BCUT2D eigenvalue weighted by Crippen LogP contribution is 2.29. The molecule has 0 radical (unpaired) electrons. The number of halogens is 1. The Morgan fingerprint density at radius 3 is 3.10 bits per heavy atom. The summed E-state index contributed by atoms with van der Waals surface area (Å²) in [6, 6.07) is 5.49. The molecule has 0 amide bonds. The van der Waals surface area contributed by atoms with Crippen molar-refractivity contribution in [3.63, 3.8) is 0 Å². The molecule has 0 spiro atoms. The normalized spacial score (nSPS) is 24.9. The molecule has 1 fully saturated rings. The van der Waals surface area contributed by atoms with Gasteiger partial charge in [-0.2, -0.15) is 0 Å². The molecule has 1 saturated heterocycles. The average molecular weight is 292 g/mol. The summed E-state index contributed by atoms with van der Waals surface area (Å²) in [5, 5.41) is 3.59. The quantitative estimate of drug-likeness (QED) is 0.903. The van der Waals surface area contributed by atoms with E-state index < -0.39 is 0 Å². The summed E-state index contributed by atoms with van der Waals surface area (Å²) >= 11 is 0. The first-order valence-electron chi connectivity index (χ1n) is 8.08. The first-order valence-corrected chi connectivity index (χ1v) is 8.08. The lowest BCUT2D eigenvalue weighted by molar-refractivity contribution is 0.163. The van der Waals surface area contributed by atoms with Gasteiger partial charge in [0.05, 0.1) is 0 Å². The van der Waals surface area contributed by atoms with Crippen molar-refractivity contribution in [3.8, 4) is 5.75 Å². The minimum atomic E-state index is -0.172. The van der Waals surface area contributed by atoms with Crippen molar-refractivity contribution < 1.29 is 9.13 Å². The number of nitrogens with one attached hydrogen (secondary N) is 1. The van der Waals surface area contributed by atoms with Gasteiger partial charge in [0.25, 0.3) is 0 Å². The predicted octanol–water partition coefficient (Wildman–Crippen LogP) is 2.59. The number of likely N-dealkylation sites (N-methyl/N-ethyl adjacent to an activating group) is 1. The van der Waals surface area contributed by atoms with Crippen molar-refractivity contribution >= 4 is 0 Å². The summed E-state index contributed by atoms with van der Waals surface area (Å²) < 4.78 is 19.1. The fourth-order valence-corrected chi connectivity index (χ4v) is 3.38. The molecule has 1 N–H and O–H groups in total. The summed E-state index contributed by atoms with van der Waals surface area (Å²) in [6.07, 6.45) is 6.15. The van der Waals surface area contributed by atoms with Gasteiger partial charge >= 0.3 is 0 Å². The Kier molecular flexibility index (Phi) is 4.76. The third-order valence-electron chi connectivity index (χ3n) is 4.55. The zero-order chi connectivity index (χ0) is 14.7. The predicted molar refractivity (Wildman–Crippen MR) is 82.3 cm³/mol. The van der Waals surface area contributed by atoms with Crippen LogP contribution in [0.4, 0.5) is 4.39 Å². The number of ether oxygens (including phenoxy) is 1. The van der Waals surface area contributed by atoms with Gasteiger partial charge in [-0.05, 0) is 57.6 Å². The van der Waals surface area contributed by atoms with E-state index in [4.69, 9.17) is 4.74 Å². The van der Waals surface area contributed by atoms with Crippen molar-refractivity contribution in [1.82, 2.24) is 10.2 Å². The number of piperidine rings is 1. The van der Waals surface area contributed by atoms with Gasteiger partial charge in [0, 0.05) is 24.6 Å². The molecule has 116 valence electrons. The van der Waals surface area contributed by atoms with Gasteiger partial charge in [0.2, 0.25) is 0 Å². The van der Waals surface area contributed by atoms with E-state index in [2.05, 4.69) is 17.3 Å². The van der Waals surface area contributed by atoms with Crippen molar-refractivity contribution in [2.45, 2.75) is 44.2 Å². The van der Waals surface area contributed by atoms with Crippen LogP contribution in [0.2, 0.25) is 0 Å². The Labute approximate surface area is 126 Å². The van der Waals surface area contributed by atoms with Gasteiger partial charge in [-0.25, -0.2) is 4.39 Å². The fraction of sp³-hybridized carbons (Fsp3) is 0.647. The third kappa shape index (κ3) is 3.95. The lowest BCUT2D eigenvalue weighted by atomic mass is 10.0. The number of hydrogen-bond acceptors (Lipinski definition) is 3. The minimum absolute atomic E-state index is 0.158. The monoisotopic (exact) mass is 292 g/mol. The lowest BCUT2D eigenvalue weighted by Gasteiger charge is -2.27. The van der Waals surface area contributed by atoms with E-state index in [0.717, 1.165) is 30.8 Å². The molecular formula is C17H25FN2O. The molecule has 1 aromatic carbocycles. The number of hydrogen-bond donors (Lipinski definition) is 1. The molecule has 4 heteroatoms. The van der Waals surface area contributed by atoms with Crippen LogP contribution >= 0.6 is 0 Å². The van der Waals surface area contributed by atoms with Crippen LogP contribution in [0.1, 0.15) is 31.2 Å². The molecule has 0 bridgehead atoms. The summed E-state index contributed by atoms with van der Waals surface area (Å²) in [4.78, 5) is 2.34. The standard InChI is InChI=1S/C17H25FN2O/c1-20(9-7-15-4-2-3-8-19-15)12-16-11-13-10-14(18)5-6-17(13)21-16/h5-6,10,15-16,19H,2-4,7-9,11-12H2,1H3. The van der Waals surface area contributed by atoms with Crippen molar-refractivity contribution in [2.24, 2.45) is 0 Å². The Bertz CT molecular complexity index is 474. The topological polar surface area (TPSA) is 24.5 Å². The van der Waals surface area contributed by atoms with Gasteiger partial charge in [0.1, 0.15) is 17.7 Å². The van der Waals surface area contributed by atoms with Gasteiger partial charge < -0.3 is 15.0 Å². The molecule has 2 atom stereocenters. The Hall–Kier alpha value is -1.13. The second-order valence-electron chi connectivity index (χ2n) is 6.39. The van der Waals surface area contributed by atoms with Gasteiger partial charge in [-0.1, -0.05) is 6.42 Å². The molecule has 21 heavy (non-hydrogen) atoms. The molecule has 3 rings (SSSR count). The summed E-state index contributed by atoms with van der Waals surface area (Å²) in [6.45, 7) is 3.16. The van der Waals surface area contributed by atoms with E-state index in [0.29, 0.717) is 6.04 Å².